The van der Waals surface area contributed by atoms with Crippen molar-refractivity contribution in [3.8, 4) is 6.07 Å². The molecule has 1 heterocycles. The SMILES string of the molecule is N#Cc1cccc2c1[nH]c(=S)n2CCNC(N)=O. The minimum atomic E-state index is -0.570. The molecule has 4 N–H and O–H groups in total. The molecule has 1 aromatic carbocycles. The minimum absolute atomic E-state index is 0.382. The fourth-order valence-corrected chi connectivity index (χ4v) is 2.08. The van der Waals surface area contributed by atoms with Gasteiger partial charge in [0.05, 0.1) is 16.6 Å². The number of nitrogens with two attached hydrogens (primary N) is 1. The number of nitrogens with one attached hydrogen (secondary N) is 2. The summed E-state index contributed by atoms with van der Waals surface area (Å²) in [6, 6.07) is 6.92. The average Bonchev–Trinajstić information content (AvgIpc) is 2.65. The Hall–Kier alpha value is -2.33. The number of carbonyl (C=O) groups excluding carboxylic acids is 1. The molecule has 0 aliphatic carbocycles. The molecule has 6 nitrogen and oxygen atoms in total. The maximum Gasteiger partial charge on any atom is 0.312 e. The lowest BCUT2D eigenvalue weighted by Gasteiger charge is -2.04. The molecule has 0 saturated carbocycles. The summed E-state index contributed by atoms with van der Waals surface area (Å²) in [5, 5.41) is 11.5. The molecule has 0 saturated heterocycles. The monoisotopic (exact) mass is 261 g/mol. The molecule has 2 amide bonds. The number of H-pyrrole nitrogens is 1. The van der Waals surface area contributed by atoms with Crippen molar-refractivity contribution in [2.45, 2.75) is 6.54 Å². The van der Waals surface area contributed by atoms with Gasteiger partial charge in [0.2, 0.25) is 0 Å². The molecule has 0 spiro atoms. The van der Waals surface area contributed by atoms with E-state index in [-0.39, 0.29) is 0 Å². The maximum absolute atomic E-state index is 10.6. The highest BCUT2D eigenvalue weighted by molar-refractivity contribution is 7.71. The van der Waals surface area contributed by atoms with Crippen molar-refractivity contribution in [1.82, 2.24) is 14.9 Å². The van der Waals surface area contributed by atoms with Crippen LogP contribution >= 0.6 is 12.2 Å². The molecule has 0 aliphatic rings. The number of aromatic amines is 1. The molecule has 18 heavy (non-hydrogen) atoms. The smallest absolute Gasteiger partial charge is 0.312 e. The normalized spacial score (nSPS) is 10.2. The Balaban J connectivity index is 2.40. The first-order valence-electron chi connectivity index (χ1n) is 5.28. The number of carbonyl (C=O) groups is 1. The molecule has 0 aliphatic heterocycles. The van der Waals surface area contributed by atoms with Gasteiger partial charge >= 0.3 is 6.03 Å². The number of amides is 2. The number of benzene rings is 1. The van der Waals surface area contributed by atoms with E-state index in [1.165, 1.54) is 0 Å². The predicted molar refractivity (Wildman–Crippen MR) is 69.4 cm³/mol. The van der Waals surface area contributed by atoms with E-state index in [1.807, 2.05) is 10.6 Å². The fraction of sp³-hybridized carbons (Fsp3) is 0.182. The van der Waals surface area contributed by atoms with Crippen LogP contribution < -0.4 is 11.1 Å². The Labute approximate surface area is 108 Å². The number of hydrogen-bond donors (Lipinski definition) is 3. The third-order valence-corrected chi connectivity index (χ3v) is 2.89. The van der Waals surface area contributed by atoms with E-state index in [0.29, 0.717) is 28.9 Å². The molecular formula is C11H11N5OS. The van der Waals surface area contributed by atoms with Crippen LogP contribution in [-0.2, 0) is 6.54 Å². The van der Waals surface area contributed by atoms with Crippen molar-refractivity contribution >= 4 is 29.3 Å². The van der Waals surface area contributed by atoms with E-state index in [1.54, 1.807) is 12.1 Å². The van der Waals surface area contributed by atoms with Gasteiger partial charge in [-0.25, -0.2) is 4.79 Å². The van der Waals surface area contributed by atoms with E-state index in [4.69, 9.17) is 23.2 Å². The first-order valence-corrected chi connectivity index (χ1v) is 5.69. The molecule has 92 valence electrons. The molecule has 0 unspecified atom stereocenters. The van der Waals surface area contributed by atoms with Crippen LogP contribution in [0.5, 0.6) is 0 Å². The largest absolute Gasteiger partial charge is 0.352 e. The lowest BCUT2D eigenvalue weighted by atomic mass is 10.2. The summed E-state index contributed by atoms with van der Waals surface area (Å²) in [4.78, 5) is 13.6. The first-order chi connectivity index (χ1) is 8.63. The number of urea groups is 1. The number of nitrogens with zero attached hydrogens (tertiary/aromatic N) is 2. The van der Waals surface area contributed by atoms with E-state index in [0.717, 1.165) is 5.52 Å². The second-order valence-electron chi connectivity index (χ2n) is 3.68. The van der Waals surface area contributed by atoms with Gasteiger partial charge in [-0.15, -0.1) is 0 Å². The van der Waals surface area contributed by atoms with Crippen LogP contribution in [0.1, 0.15) is 5.56 Å². The van der Waals surface area contributed by atoms with Crippen molar-refractivity contribution in [2.75, 3.05) is 6.54 Å². The molecule has 0 bridgehead atoms. The van der Waals surface area contributed by atoms with Gasteiger partial charge in [-0.1, -0.05) is 6.07 Å². The zero-order chi connectivity index (χ0) is 13.1. The van der Waals surface area contributed by atoms with Crippen molar-refractivity contribution in [3.05, 3.63) is 28.5 Å². The second-order valence-corrected chi connectivity index (χ2v) is 4.07. The Morgan fingerprint density at radius 1 is 1.61 bits per heavy atom. The summed E-state index contributed by atoms with van der Waals surface area (Å²) in [5.41, 5.74) is 7.08. The van der Waals surface area contributed by atoms with Gasteiger partial charge in [-0.05, 0) is 24.4 Å². The third-order valence-electron chi connectivity index (χ3n) is 2.57. The summed E-state index contributed by atoms with van der Waals surface area (Å²) < 4.78 is 2.33. The summed E-state index contributed by atoms with van der Waals surface area (Å²) in [7, 11) is 0. The van der Waals surface area contributed by atoms with Crippen LogP contribution in [0.25, 0.3) is 11.0 Å². The molecule has 2 rings (SSSR count). The molecule has 1 aromatic heterocycles. The number of aromatic nitrogens is 2. The zero-order valence-electron chi connectivity index (χ0n) is 9.43. The topological polar surface area (TPSA) is 99.6 Å². The molecule has 7 heteroatoms. The maximum atomic E-state index is 10.6. The average molecular weight is 261 g/mol. The molecule has 2 aromatic rings. The highest BCUT2D eigenvalue weighted by atomic mass is 32.1. The number of primary amides is 1. The first kappa shape index (κ1) is 12.1. The minimum Gasteiger partial charge on any atom is -0.352 e. The van der Waals surface area contributed by atoms with Gasteiger partial charge in [0.15, 0.2) is 4.77 Å². The van der Waals surface area contributed by atoms with E-state index >= 15 is 0 Å². The van der Waals surface area contributed by atoms with Crippen LogP contribution in [0, 0.1) is 16.1 Å². The van der Waals surface area contributed by atoms with E-state index in [9.17, 15) is 4.79 Å². The molecule has 0 atom stereocenters. The van der Waals surface area contributed by atoms with Gasteiger partial charge in [0, 0.05) is 13.1 Å². The van der Waals surface area contributed by atoms with Crippen LogP contribution in [-0.4, -0.2) is 22.1 Å². The van der Waals surface area contributed by atoms with Gasteiger partial charge in [-0.3, -0.25) is 0 Å². The number of nitriles is 1. The quantitative estimate of drug-likeness (QED) is 0.725. The lowest BCUT2D eigenvalue weighted by molar-refractivity contribution is 0.248. The highest BCUT2D eigenvalue weighted by Gasteiger charge is 2.07. The van der Waals surface area contributed by atoms with Crippen molar-refractivity contribution in [2.24, 2.45) is 5.73 Å². The van der Waals surface area contributed by atoms with Crippen LogP contribution in [0.3, 0.4) is 0 Å². The van der Waals surface area contributed by atoms with E-state index < -0.39 is 6.03 Å². The number of fused-ring (bicyclic) bond motifs is 1. The zero-order valence-corrected chi connectivity index (χ0v) is 10.3. The van der Waals surface area contributed by atoms with E-state index in [2.05, 4.69) is 16.4 Å². The Bertz CT molecular complexity index is 694. The number of rotatable bonds is 3. The van der Waals surface area contributed by atoms with Crippen LogP contribution in [0.15, 0.2) is 18.2 Å². The number of para-hydroxylation sites is 1. The van der Waals surface area contributed by atoms with Gasteiger partial charge < -0.3 is 20.6 Å². The summed E-state index contributed by atoms with van der Waals surface area (Å²) in [6.45, 7) is 0.879. The van der Waals surface area contributed by atoms with Gasteiger partial charge in [0.25, 0.3) is 0 Å². The number of hydrogen-bond acceptors (Lipinski definition) is 3. The van der Waals surface area contributed by atoms with Gasteiger partial charge in [-0.2, -0.15) is 5.26 Å². The Kier molecular flexibility index (Phi) is 3.30. The summed E-state index contributed by atoms with van der Waals surface area (Å²) in [6.07, 6.45) is 0. The number of imidazole rings is 1. The Morgan fingerprint density at radius 2 is 2.39 bits per heavy atom. The molecular weight excluding hydrogens is 250 g/mol. The Morgan fingerprint density at radius 3 is 3.06 bits per heavy atom. The van der Waals surface area contributed by atoms with Crippen LogP contribution in [0.2, 0.25) is 0 Å². The van der Waals surface area contributed by atoms with Crippen LogP contribution in [0.4, 0.5) is 4.79 Å². The summed E-state index contributed by atoms with van der Waals surface area (Å²) in [5.74, 6) is 0. The third kappa shape index (κ3) is 2.19. The van der Waals surface area contributed by atoms with Gasteiger partial charge in [0.1, 0.15) is 6.07 Å². The summed E-state index contributed by atoms with van der Waals surface area (Å²) >= 11 is 5.19. The molecule has 0 radical (unpaired) electrons. The second kappa shape index (κ2) is 4.89. The molecule has 0 fully saturated rings. The fourth-order valence-electron chi connectivity index (χ4n) is 1.79. The van der Waals surface area contributed by atoms with Crippen molar-refractivity contribution in [3.63, 3.8) is 0 Å². The van der Waals surface area contributed by atoms with Crippen molar-refractivity contribution in [1.29, 1.82) is 5.26 Å². The highest BCUT2D eigenvalue weighted by Crippen LogP contribution is 2.17. The lowest BCUT2D eigenvalue weighted by Crippen LogP contribution is -2.32. The van der Waals surface area contributed by atoms with Crippen molar-refractivity contribution < 1.29 is 4.79 Å². The predicted octanol–water partition coefficient (Wildman–Crippen LogP) is 1.24. The standard InChI is InChI=1S/C11H11N5OS/c12-6-7-2-1-3-8-9(7)15-11(18)16(8)5-4-14-10(13)17/h1-3H,4-5H2,(H,15,18)(H3,13,14,17).